The van der Waals surface area contributed by atoms with Gasteiger partial charge in [-0.3, -0.25) is 0 Å². The van der Waals surface area contributed by atoms with Crippen molar-refractivity contribution < 1.29 is 17.6 Å². The molecule has 0 N–H and O–H groups in total. The van der Waals surface area contributed by atoms with Crippen molar-refractivity contribution in [3.8, 4) is 0 Å². The fourth-order valence-electron chi connectivity index (χ4n) is 2.51. The molecule has 0 nitrogen and oxygen atoms in total. The normalized spacial score (nSPS) is 11.8. The minimum atomic E-state index is -0.527. The molecule has 0 spiro atoms. The molecule has 2 aromatic rings. The molecule has 0 fully saturated rings. The molecule has 0 saturated carbocycles. The van der Waals surface area contributed by atoms with Gasteiger partial charge in [0.25, 0.3) is 0 Å². The van der Waals surface area contributed by atoms with Crippen molar-refractivity contribution in [2.45, 2.75) is 59.3 Å². The first kappa shape index (κ1) is 21.2. The number of hydrogen-bond acceptors (Lipinski definition) is 0. The van der Waals surface area contributed by atoms with Crippen LogP contribution in [0.4, 0.5) is 17.6 Å². The lowest BCUT2D eigenvalue weighted by molar-refractivity contribution is 0.474. The van der Waals surface area contributed by atoms with Crippen LogP contribution in [0.3, 0.4) is 0 Å². The highest BCUT2D eigenvalue weighted by Crippen LogP contribution is 2.28. The van der Waals surface area contributed by atoms with Crippen molar-refractivity contribution in [2.24, 2.45) is 0 Å². The maximum absolute atomic E-state index is 13.4. The lowest BCUT2D eigenvalue weighted by Crippen LogP contribution is -2.16. The largest absolute Gasteiger partial charge is 0.207 e. The molecule has 4 heteroatoms. The SMILES string of the molecule is CC(C)(C)c1ccc(F)cc1F.Cc1cc(F)c(C(C)(C)C)c(F)c1. The number of rotatable bonds is 0. The van der Waals surface area contributed by atoms with Gasteiger partial charge in [-0.15, -0.1) is 0 Å². The first-order chi connectivity index (χ1) is 11.2. The van der Waals surface area contributed by atoms with E-state index >= 15 is 0 Å². The van der Waals surface area contributed by atoms with Gasteiger partial charge in [0.2, 0.25) is 0 Å². The average Bonchev–Trinajstić information content (AvgIpc) is 2.33. The van der Waals surface area contributed by atoms with Crippen LogP contribution < -0.4 is 0 Å². The van der Waals surface area contributed by atoms with Gasteiger partial charge in [0.15, 0.2) is 0 Å². The Morgan fingerprint density at radius 1 is 0.640 bits per heavy atom. The molecule has 0 heterocycles. The van der Waals surface area contributed by atoms with Crippen molar-refractivity contribution in [1.82, 2.24) is 0 Å². The van der Waals surface area contributed by atoms with Crippen molar-refractivity contribution in [2.75, 3.05) is 0 Å². The van der Waals surface area contributed by atoms with Crippen LogP contribution in [0, 0.1) is 30.2 Å². The fraction of sp³-hybridized carbons (Fsp3) is 0.429. The molecule has 0 atom stereocenters. The van der Waals surface area contributed by atoms with Crippen LogP contribution in [-0.4, -0.2) is 0 Å². The Labute approximate surface area is 147 Å². The van der Waals surface area contributed by atoms with E-state index in [9.17, 15) is 17.6 Å². The van der Waals surface area contributed by atoms with Gasteiger partial charge in [0.05, 0.1) is 0 Å². The summed E-state index contributed by atoms with van der Waals surface area (Å²) in [6.45, 7) is 12.7. The van der Waals surface area contributed by atoms with Gasteiger partial charge >= 0.3 is 0 Å². The van der Waals surface area contributed by atoms with Crippen LogP contribution in [0.5, 0.6) is 0 Å². The van der Waals surface area contributed by atoms with Crippen molar-refractivity contribution in [3.63, 3.8) is 0 Å². The highest BCUT2D eigenvalue weighted by Gasteiger charge is 2.23. The van der Waals surface area contributed by atoms with E-state index in [0.717, 1.165) is 6.07 Å². The number of halogens is 4. The number of hydrogen-bond donors (Lipinski definition) is 0. The van der Waals surface area contributed by atoms with Crippen LogP contribution >= 0.6 is 0 Å². The van der Waals surface area contributed by atoms with E-state index < -0.39 is 28.7 Å². The summed E-state index contributed by atoms with van der Waals surface area (Å²) in [5, 5.41) is 0. The third-order valence-electron chi connectivity index (χ3n) is 3.68. The molecule has 0 aliphatic rings. The number of benzene rings is 2. The van der Waals surface area contributed by atoms with Gasteiger partial charge in [0, 0.05) is 11.6 Å². The quantitative estimate of drug-likeness (QED) is 0.455. The first-order valence-corrected chi connectivity index (χ1v) is 8.15. The topological polar surface area (TPSA) is 0 Å². The third-order valence-corrected chi connectivity index (χ3v) is 3.68. The summed E-state index contributed by atoms with van der Waals surface area (Å²) in [4.78, 5) is 0. The Hall–Kier alpha value is -1.84. The Morgan fingerprint density at radius 3 is 1.48 bits per heavy atom. The number of aryl methyl sites for hydroxylation is 1. The zero-order valence-corrected chi connectivity index (χ0v) is 15.9. The summed E-state index contributed by atoms with van der Waals surface area (Å²) in [5.74, 6) is -1.90. The smallest absolute Gasteiger partial charge is 0.130 e. The second-order valence-corrected chi connectivity index (χ2v) is 8.23. The molecule has 0 saturated heterocycles. The van der Waals surface area contributed by atoms with Gasteiger partial charge in [-0.2, -0.15) is 0 Å². The van der Waals surface area contributed by atoms with Gasteiger partial charge in [0.1, 0.15) is 23.3 Å². The predicted molar refractivity (Wildman–Crippen MR) is 94.9 cm³/mol. The fourth-order valence-corrected chi connectivity index (χ4v) is 2.51. The molecule has 0 aliphatic carbocycles. The molecule has 138 valence electrons. The maximum Gasteiger partial charge on any atom is 0.130 e. The van der Waals surface area contributed by atoms with Gasteiger partial charge in [-0.1, -0.05) is 47.6 Å². The van der Waals surface area contributed by atoms with E-state index in [1.54, 1.807) is 27.7 Å². The Morgan fingerprint density at radius 2 is 1.12 bits per heavy atom. The molecular formula is C21H26F4. The predicted octanol–water partition coefficient (Wildman–Crippen LogP) is 6.83. The monoisotopic (exact) mass is 354 g/mol. The van der Waals surface area contributed by atoms with Crippen LogP contribution in [0.2, 0.25) is 0 Å². The van der Waals surface area contributed by atoms with Crippen LogP contribution in [0.25, 0.3) is 0 Å². The zero-order chi connectivity index (χ0) is 19.6. The van der Waals surface area contributed by atoms with Crippen molar-refractivity contribution in [3.05, 3.63) is 70.3 Å². The summed E-state index contributed by atoms with van der Waals surface area (Å²) < 4.78 is 52.3. The van der Waals surface area contributed by atoms with Crippen molar-refractivity contribution >= 4 is 0 Å². The molecule has 25 heavy (non-hydrogen) atoms. The molecule has 0 amide bonds. The Bertz CT molecular complexity index is 712. The molecular weight excluding hydrogens is 328 g/mol. The second kappa shape index (κ2) is 7.59. The molecule has 0 aliphatic heterocycles. The molecule has 0 aromatic heterocycles. The molecule has 2 aromatic carbocycles. The summed E-state index contributed by atoms with van der Waals surface area (Å²) in [5.41, 5.74) is 0.574. The van der Waals surface area contributed by atoms with Gasteiger partial charge < -0.3 is 0 Å². The van der Waals surface area contributed by atoms with E-state index in [1.165, 1.54) is 24.3 Å². The highest BCUT2D eigenvalue weighted by atomic mass is 19.1. The van der Waals surface area contributed by atoms with E-state index in [0.29, 0.717) is 11.1 Å². The lowest BCUT2D eigenvalue weighted by Gasteiger charge is -2.20. The van der Waals surface area contributed by atoms with Crippen LogP contribution in [0.1, 0.15) is 58.2 Å². The van der Waals surface area contributed by atoms with Crippen molar-refractivity contribution in [1.29, 1.82) is 0 Å². The maximum atomic E-state index is 13.4. The summed E-state index contributed by atoms with van der Waals surface area (Å²) >= 11 is 0. The minimum absolute atomic E-state index is 0.165. The summed E-state index contributed by atoms with van der Waals surface area (Å²) in [6.07, 6.45) is 0. The summed E-state index contributed by atoms with van der Waals surface area (Å²) in [7, 11) is 0. The van der Waals surface area contributed by atoms with Crippen LogP contribution in [-0.2, 0) is 10.8 Å². The standard InChI is InChI=1S/C11H14F2.C10H12F2/c1-7-5-8(12)10(9(13)6-7)11(2,3)4;1-10(2,3)8-5-4-7(11)6-9(8)12/h5-6H,1-4H3;4-6H,1-3H3. The third kappa shape index (κ3) is 5.87. The average molecular weight is 354 g/mol. The second-order valence-electron chi connectivity index (χ2n) is 8.23. The van der Waals surface area contributed by atoms with E-state index in [4.69, 9.17) is 0 Å². The Kier molecular flexibility index (Phi) is 6.44. The lowest BCUT2D eigenvalue weighted by atomic mass is 9.86. The first-order valence-electron chi connectivity index (χ1n) is 8.15. The summed E-state index contributed by atoms with van der Waals surface area (Å²) in [6, 6.07) is 6.42. The highest BCUT2D eigenvalue weighted by molar-refractivity contribution is 5.30. The van der Waals surface area contributed by atoms with E-state index in [1.807, 2.05) is 20.8 Å². The van der Waals surface area contributed by atoms with E-state index in [2.05, 4.69) is 0 Å². The Balaban J connectivity index is 0.000000251. The molecule has 0 bridgehead atoms. The molecule has 0 radical (unpaired) electrons. The van der Waals surface area contributed by atoms with Crippen LogP contribution in [0.15, 0.2) is 30.3 Å². The molecule has 0 unspecified atom stereocenters. The van der Waals surface area contributed by atoms with Gasteiger partial charge in [-0.25, -0.2) is 17.6 Å². The minimum Gasteiger partial charge on any atom is -0.207 e. The van der Waals surface area contributed by atoms with E-state index in [-0.39, 0.29) is 11.0 Å². The molecule has 2 rings (SSSR count). The zero-order valence-electron chi connectivity index (χ0n) is 15.9. The van der Waals surface area contributed by atoms with Gasteiger partial charge in [-0.05, 0) is 47.1 Å².